The van der Waals surface area contributed by atoms with Gasteiger partial charge in [0, 0.05) is 11.1 Å². The molecule has 0 aliphatic carbocycles. The molecule has 1 aliphatic rings. The lowest BCUT2D eigenvalue weighted by Crippen LogP contribution is -2.37. The summed E-state index contributed by atoms with van der Waals surface area (Å²) in [4.78, 5) is 44.1. The van der Waals surface area contributed by atoms with E-state index in [0.29, 0.717) is 22.0 Å². The maximum absolute atomic E-state index is 13.2. The van der Waals surface area contributed by atoms with Crippen LogP contribution in [0.15, 0.2) is 53.3 Å². The highest BCUT2D eigenvalue weighted by Gasteiger charge is 2.35. The fourth-order valence-electron chi connectivity index (χ4n) is 3.94. The summed E-state index contributed by atoms with van der Waals surface area (Å²) >= 11 is 1.11. The number of primary amides is 1. The van der Waals surface area contributed by atoms with Crippen molar-refractivity contribution in [2.75, 3.05) is 11.4 Å². The molecule has 0 atom stereocenters. The lowest BCUT2D eigenvalue weighted by Gasteiger charge is -2.18. The number of hydrogen-bond donors (Lipinski definition) is 1. The zero-order valence-corrected chi connectivity index (χ0v) is 19.1. The van der Waals surface area contributed by atoms with E-state index in [9.17, 15) is 14.4 Å². The van der Waals surface area contributed by atoms with Gasteiger partial charge in [-0.25, -0.2) is 0 Å². The summed E-state index contributed by atoms with van der Waals surface area (Å²) < 4.78 is 1.47. The van der Waals surface area contributed by atoms with E-state index in [1.54, 1.807) is 24.3 Å². The van der Waals surface area contributed by atoms with Crippen molar-refractivity contribution in [2.45, 2.75) is 26.2 Å². The van der Waals surface area contributed by atoms with Crippen molar-refractivity contribution in [1.29, 1.82) is 0 Å². The van der Waals surface area contributed by atoms with Crippen molar-refractivity contribution in [3.05, 3.63) is 74.5 Å². The molecule has 9 heteroatoms. The lowest BCUT2D eigenvalue weighted by atomic mass is 9.87. The molecule has 3 heterocycles. The number of amides is 2. The third-order valence-electron chi connectivity index (χ3n) is 5.63. The van der Waals surface area contributed by atoms with Gasteiger partial charge in [0.1, 0.15) is 11.1 Å². The van der Waals surface area contributed by atoms with Crippen molar-refractivity contribution in [1.82, 2.24) is 14.6 Å². The number of thiazole rings is 1. The molecule has 1 aliphatic heterocycles. The molecule has 5 rings (SSSR count). The first kappa shape index (κ1) is 21.0. The van der Waals surface area contributed by atoms with Crippen LogP contribution in [0.1, 0.15) is 31.9 Å². The van der Waals surface area contributed by atoms with Gasteiger partial charge < -0.3 is 5.73 Å². The Kier molecular flexibility index (Phi) is 4.68. The number of carbonyl (C=O) groups is 2. The van der Waals surface area contributed by atoms with Gasteiger partial charge in [0.25, 0.3) is 11.5 Å². The quantitative estimate of drug-likeness (QED) is 0.503. The minimum atomic E-state index is -0.633. The Morgan fingerprint density at radius 1 is 1.06 bits per heavy atom. The third-order valence-corrected chi connectivity index (χ3v) is 6.66. The Hall–Kier alpha value is -3.85. The predicted molar refractivity (Wildman–Crippen MR) is 127 cm³/mol. The minimum Gasteiger partial charge on any atom is -0.368 e. The van der Waals surface area contributed by atoms with Crippen LogP contribution in [0.4, 0.5) is 5.69 Å². The Labute approximate surface area is 193 Å². The number of fused-ring (bicyclic) bond motifs is 2. The highest BCUT2D eigenvalue weighted by atomic mass is 32.1. The number of anilines is 1. The van der Waals surface area contributed by atoms with Gasteiger partial charge in [-0.15, -0.1) is 5.10 Å². The number of nitrogens with zero attached hydrogens (tertiary/aromatic N) is 4. The fourth-order valence-corrected chi connectivity index (χ4v) is 4.94. The fraction of sp³-hybridized carbons (Fsp3) is 0.208. The first-order valence-corrected chi connectivity index (χ1v) is 11.2. The van der Waals surface area contributed by atoms with Crippen molar-refractivity contribution in [3.63, 3.8) is 0 Å². The van der Waals surface area contributed by atoms with E-state index >= 15 is 0 Å². The molecule has 0 unspecified atom stereocenters. The van der Waals surface area contributed by atoms with Crippen LogP contribution >= 0.6 is 11.3 Å². The van der Waals surface area contributed by atoms with Gasteiger partial charge in [0.05, 0.1) is 11.3 Å². The van der Waals surface area contributed by atoms with Crippen LogP contribution in [0.25, 0.3) is 21.9 Å². The van der Waals surface area contributed by atoms with E-state index in [1.165, 1.54) is 15.0 Å². The Bertz CT molecular complexity index is 1540. The standard InChI is InChI=1S/C24H21N5O3S/c1-24(2,3)14-10-8-13(9-11-14)20-26-23-29(27-20)22(32)19(33-23)18-15-6-4-5-7-16(15)28(21(18)31)12-17(25)30/h4-11H,12H2,1-3H3,(H2,25,30)/b19-18-. The molecule has 0 spiro atoms. The molecule has 33 heavy (non-hydrogen) atoms. The van der Waals surface area contributed by atoms with Crippen LogP contribution in [-0.2, 0) is 15.0 Å². The molecule has 0 fully saturated rings. The van der Waals surface area contributed by atoms with Crippen molar-refractivity contribution < 1.29 is 9.59 Å². The molecule has 4 aromatic rings. The lowest BCUT2D eigenvalue weighted by molar-refractivity contribution is -0.119. The number of benzene rings is 2. The first-order valence-electron chi connectivity index (χ1n) is 10.4. The minimum absolute atomic E-state index is 0.0291. The largest absolute Gasteiger partial charge is 0.368 e. The van der Waals surface area contributed by atoms with E-state index in [0.717, 1.165) is 16.9 Å². The molecule has 2 aromatic carbocycles. The number of rotatable bonds is 3. The topological polar surface area (TPSA) is 111 Å². The zero-order valence-electron chi connectivity index (χ0n) is 18.3. The highest BCUT2D eigenvalue weighted by Crippen LogP contribution is 2.35. The molecule has 2 aromatic heterocycles. The van der Waals surface area contributed by atoms with E-state index in [4.69, 9.17) is 5.73 Å². The van der Waals surface area contributed by atoms with Crippen LogP contribution in [0.5, 0.6) is 0 Å². The van der Waals surface area contributed by atoms with Crippen LogP contribution < -0.4 is 20.7 Å². The van der Waals surface area contributed by atoms with Gasteiger partial charge in [-0.05, 0) is 17.0 Å². The molecule has 2 N–H and O–H groups in total. The van der Waals surface area contributed by atoms with Gasteiger partial charge >= 0.3 is 0 Å². The second-order valence-electron chi connectivity index (χ2n) is 8.94. The molecule has 8 nitrogen and oxygen atoms in total. The van der Waals surface area contributed by atoms with Gasteiger partial charge in [-0.3, -0.25) is 19.3 Å². The third kappa shape index (κ3) is 3.41. The molecule has 0 radical (unpaired) electrons. The van der Waals surface area contributed by atoms with Gasteiger partial charge in [-0.1, -0.05) is 74.6 Å². The highest BCUT2D eigenvalue weighted by molar-refractivity contribution is 7.15. The Morgan fingerprint density at radius 2 is 1.76 bits per heavy atom. The van der Waals surface area contributed by atoms with Crippen molar-refractivity contribution in [3.8, 4) is 11.4 Å². The second-order valence-corrected chi connectivity index (χ2v) is 9.92. The smallest absolute Gasteiger partial charge is 0.291 e. The van der Waals surface area contributed by atoms with Gasteiger partial charge in [0.2, 0.25) is 10.9 Å². The summed E-state index contributed by atoms with van der Waals surface area (Å²) in [5.74, 6) is -0.620. The molecule has 166 valence electrons. The Morgan fingerprint density at radius 3 is 2.39 bits per heavy atom. The SMILES string of the molecule is CC(C)(C)c1ccc(-c2nc3s/c(=C4\C(=O)N(CC(N)=O)c5ccccc54)c(=O)n3n2)cc1. The maximum atomic E-state index is 13.2. The number of nitrogens with two attached hydrogens (primary N) is 1. The monoisotopic (exact) mass is 459 g/mol. The van der Waals surface area contributed by atoms with E-state index in [2.05, 4.69) is 30.9 Å². The molecule has 2 amide bonds. The zero-order chi connectivity index (χ0) is 23.5. The van der Waals surface area contributed by atoms with Crippen LogP contribution in [0.2, 0.25) is 0 Å². The number of aromatic nitrogens is 3. The second kappa shape index (κ2) is 7.35. The molecule has 0 saturated carbocycles. The molecular weight excluding hydrogens is 438 g/mol. The molecule has 0 saturated heterocycles. The average Bonchev–Trinajstić information content (AvgIpc) is 3.39. The van der Waals surface area contributed by atoms with Gasteiger partial charge in [0.15, 0.2) is 5.82 Å². The summed E-state index contributed by atoms with van der Waals surface area (Å²) in [6, 6.07) is 15.0. The molecular formula is C24H21N5O3S. The summed E-state index contributed by atoms with van der Waals surface area (Å²) in [6.07, 6.45) is 0. The number of para-hydroxylation sites is 1. The normalized spacial score (nSPS) is 15.4. The van der Waals surface area contributed by atoms with Gasteiger partial charge in [-0.2, -0.15) is 9.50 Å². The Balaban J connectivity index is 1.63. The van der Waals surface area contributed by atoms with E-state index in [-0.39, 0.29) is 22.1 Å². The van der Waals surface area contributed by atoms with E-state index in [1.807, 2.05) is 24.3 Å². The summed E-state index contributed by atoms with van der Waals surface area (Å²) in [7, 11) is 0. The molecule has 0 bridgehead atoms. The average molecular weight is 460 g/mol. The summed E-state index contributed by atoms with van der Waals surface area (Å²) in [6.45, 7) is 6.16. The summed E-state index contributed by atoms with van der Waals surface area (Å²) in [5.41, 5.74) is 8.32. The predicted octanol–water partition coefficient (Wildman–Crippen LogP) is 1.87. The van der Waals surface area contributed by atoms with Crippen molar-refractivity contribution >= 4 is 39.4 Å². The summed E-state index contributed by atoms with van der Waals surface area (Å²) in [5, 5.41) is 4.41. The van der Waals surface area contributed by atoms with Crippen LogP contribution in [-0.4, -0.2) is 33.0 Å². The van der Waals surface area contributed by atoms with Crippen molar-refractivity contribution in [2.24, 2.45) is 5.73 Å². The number of carbonyl (C=O) groups excluding carboxylic acids is 2. The van der Waals surface area contributed by atoms with E-state index < -0.39 is 17.4 Å². The number of hydrogen-bond acceptors (Lipinski definition) is 6. The van der Waals surface area contributed by atoms with Crippen LogP contribution in [0, 0.1) is 0 Å². The van der Waals surface area contributed by atoms with Crippen LogP contribution in [0.3, 0.4) is 0 Å². The first-order chi connectivity index (χ1) is 15.6. The maximum Gasteiger partial charge on any atom is 0.291 e.